The van der Waals surface area contributed by atoms with Gasteiger partial charge in [0.2, 0.25) is 0 Å². The highest BCUT2D eigenvalue weighted by Crippen LogP contribution is 2.31. The predicted molar refractivity (Wildman–Crippen MR) is 103 cm³/mol. The van der Waals surface area contributed by atoms with Crippen molar-refractivity contribution in [3.63, 3.8) is 0 Å². The second kappa shape index (κ2) is 6.87. The molecule has 1 aromatic heterocycles. The molecule has 0 spiro atoms. The normalized spacial score (nSPS) is 12.9. The van der Waals surface area contributed by atoms with Gasteiger partial charge in [0.1, 0.15) is 22.8 Å². The fourth-order valence-corrected chi connectivity index (χ4v) is 3.49. The Morgan fingerprint density at radius 3 is 2.78 bits per heavy atom. The topological polar surface area (TPSA) is 58.4 Å². The number of hydrogen-bond acceptors (Lipinski definition) is 4. The molecule has 0 unspecified atom stereocenters. The van der Waals surface area contributed by atoms with E-state index in [0.29, 0.717) is 22.6 Å². The summed E-state index contributed by atoms with van der Waals surface area (Å²) in [7, 11) is 0. The van der Waals surface area contributed by atoms with Gasteiger partial charge in [0, 0.05) is 30.0 Å². The highest BCUT2D eigenvalue weighted by molar-refractivity contribution is 6.09. The quantitative estimate of drug-likeness (QED) is 0.743. The van der Waals surface area contributed by atoms with E-state index in [1.54, 1.807) is 19.1 Å². The van der Waals surface area contributed by atoms with E-state index >= 15 is 0 Å². The van der Waals surface area contributed by atoms with Gasteiger partial charge >= 0.3 is 0 Å². The van der Waals surface area contributed by atoms with Crippen LogP contribution < -0.4 is 10.2 Å². The molecular weight excluding hydrogens is 345 g/mol. The third kappa shape index (κ3) is 3.18. The second-order valence-corrected chi connectivity index (χ2v) is 6.60. The van der Waals surface area contributed by atoms with E-state index in [1.807, 2.05) is 12.1 Å². The monoisotopic (exact) mass is 365 g/mol. The van der Waals surface area contributed by atoms with Gasteiger partial charge in [-0.05, 0) is 62.2 Å². The summed E-state index contributed by atoms with van der Waals surface area (Å²) in [6, 6.07) is 11.8. The van der Waals surface area contributed by atoms with Crippen LogP contribution >= 0.6 is 0 Å². The molecule has 27 heavy (non-hydrogen) atoms. The van der Waals surface area contributed by atoms with Crippen LogP contribution in [0.3, 0.4) is 0 Å². The minimum atomic E-state index is -0.344. The maximum Gasteiger partial charge on any atom is 0.261 e. The minimum Gasteiger partial charge on any atom is -0.371 e. The van der Waals surface area contributed by atoms with Crippen molar-refractivity contribution < 1.29 is 13.7 Å². The van der Waals surface area contributed by atoms with E-state index < -0.39 is 0 Å². The first-order valence-electron chi connectivity index (χ1n) is 8.98. The molecule has 5 nitrogen and oxygen atoms in total. The summed E-state index contributed by atoms with van der Waals surface area (Å²) in [5.74, 6) is -0.221. The molecule has 0 saturated carbocycles. The van der Waals surface area contributed by atoms with E-state index in [2.05, 4.69) is 28.4 Å². The zero-order chi connectivity index (χ0) is 19.0. The third-order valence-corrected chi connectivity index (χ3v) is 4.92. The van der Waals surface area contributed by atoms with E-state index in [9.17, 15) is 9.18 Å². The summed E-state index contributed by atoms with van der Waals surface area (Å²) >= 11 is 0. The summed E-state index contributed by atoms with van der Waals surface area (Å²) in [6.45, 7) is 5.75. The van der Waals surface area contributed by atoms with Crippen molar-refractivity contribution in [2.24, 2.45) is 0 Å². The molecule has 4 rings (SSSR count). The number of nitrogens with zero attached hydrogens (tertiary/aromatic N) is 2. The lowest BCUT2D eigenvalue weighted by Gasteiger charge is -2.17. The van der Waals surface area contributed by atoms with E-state index in [0.717, 1.165) is 30.9 Å². The number of aryl methyl sites for hydroxylation is 1. The highest BCUT2D eigenvalue weighted by atomic mass is 19.1. The van der Waals surface area contributed by atoms with Crippen LogP contribution in [0, 0.1) is 12.7 Å². The Balaban J connectivity index is 1.63. The average molecular weight is 365 g/mol. The number of likely N-dealkylation sites (N-methyl/N-ethyl adjacent to an activating group) is 1. The number of benzene rings is 2. The van der Waals surface area contributed by atoms with Crippen LogP contribution in [0.25, 0.3) is 11.3 Å². The van der Waals surface area contributed by atoms with Crippen LogP contribution in [0.5, 0.6) is 0 Å². The van der Waals surface area contributed by atoms with Gasteiger partial charge < -0.3 is 14.7 Å². The number of nitrogens with one attached hydrogen (secondary N) is 1. The third-order valence-electron chi connectivity index (χ3n) is 4.92. The molecule has 1 aliphatic rings. The molecule has 0 saturated heterocycles. The first kappa shape index (κ1) is 17.3. The number of carbonyl (C=O) groups is 1. The molecular formula is C21H20FN3O2. The lowest BCUT2D eigenvalue weighted by Crippen LogP contribution is -2.19. The zero-order valence-corrected chi connectivity index (χ0v) is 15.3. The summed E-state index contributed by atoms with van der Waals surface area (Å²) < 4.78 is 18.4. The Kier molecular flexibility index (Phi) is 4.39. The molecule has 1 N–H and O–H groups in total. The van der Waals surface area contributed by atoms with Crippen LogP contribution in [-0.4, -0.2) is 24.2 Å². The Labute approximate surface area is 156 Å². The number of halogens is 1. The van der Waals surface area contributed by atoms with Gasteiger partial charge in [0.25, 0.3) is 5.91 Å². The van der Waals surface area contributed by atoms with Crippen molar-refractivity contribution in [3.05, 3.63) is 65.2 Å². The summed E-state index contributed by atoms with van der Waals surface area (Å²) in [6.07, 6.45) is 1.02. The molecule has 138 valence electrons. The van der Waals surface area contributed by atoms with Gasteiger partial charge in [-0.3, -0.25) is 4.79 Å². The number of anilines is 2. The van der Waals surface area contributed by atoms with Crippen LogP contribution in [0.1, 0.15) is 28.6 Å². The van der Waals surface area contributed by atoms with Crippen molar-refractivity contribution in [1.29, 1.82) is 0 Å². The van der Waals surface area contributed by atoms with Gasteiger partial charge in [-0.2, -0.15) is 0 Å². The van der Waals surface area contributed by atoms with Crippen molar-refractivity contribution in [3.8, 4) is 11.3 Å². The van der Waals surface area contributed by atoms with E-state index in [4.69, 9.17) is 4.52 Å². The van der Waals surface area contributed by atoms with Crippen LogP contribution in [0.4, 0.5) is 15.8 Å². The van der Waals surface area contributed by atoms with Gasteiger partial charge in [0.05, 0.1) is 0 Å². The van der Waals surface area contributed by atoms with Crippen molar-refractivity contribution in [2.75, 3.05) is 23.3 Å². The van der Waals surface area contributed by atoms with Gasteiger partial charge in [-0.1, -0.05) is 11.2 Å². The summed E-state index contributed by atoms with van der Waals surface area (Å²) in [5, 5.41) is 6.94. The van der Waals surface area contributed by atoms with Crippen molar-refractivity contribution >= 4 is 17.3 Å². The Morgan fingerprint density at radius 2 is 2.04 bits per heavy atom. The molecule has 0 bridgehead atoms. The number of rotatable bonds is 4. The highest BCUT2D eigenvalue weighted by Gasteiger charge is 2.23. The number of amides is 1. The summed E-state index contributed by atoms with van der Waals surface area (Å²) in [5.41, 5.74) is 4.57. The van der Waals surface area contributed by atoms with Crippen LogP contribution in [-0.2, 0) is 6.42 Å². The minimum absolute atomic E-state index is 0.297. The van der Waals surface area contributed by atoms with Gasteiger partial charge in [-0.25, -0.2) is 4.39 Å². The number of fused-ring (bicyclic) bond motifs is 1. The smallest absolute Gasteiger partial charge is 0.261 e. The first-order valence-corrected chi connectivity index (χ1v) is 8.98. The molecule has 0 aliphatic carbocycles. The second-order valence-electron chi connectivity index (χ2n) is 6.60. The number of carbonyl (C=O) groups excluding carboxylic acids is 1. The molecule has 0 fully saturated rings. The lowest BCUT2D eigenvalue weighted by atomic mass is 10.1. The van der Waals surface area contributed by atoms with Crippen LogP contribution in [0.2, 0.25) is 0 Å². The predicted octanol–water partition coefficient (Wildman–Crippen LogP) is 4.42. The van der Waals surface area contributed by atoms with Gasteiger partial charge in [0.15, 0.2) is 0 Å². The lowest BCUT2D eigenvalue weighted by molar-refractivity contribution is 0.102. The Hall–Kier alpha value is -3.15. The Morgan fingerprint density at radius 1 is 1.26 bits per heavy atom. The Bertz CT molecular complexity index is 995. The molecule has 1 aliphatic heterocycles. The van der Waals surface area contributed by atoms with E-state index in [-0.39, 0.29) is 11.7 Å². The molecule has 6 heteroatoms. The molecule has 0 radical (unpaired) electrons. The maximum absolute atomic E-state index is 13.2. The first-order chi connectivity index (χ1) is 13.1. The van der Waals surface area contributed by atoms with Crippen LogP contribution in [0.15, 0.2) is 47.0 Å². The standard InChI is InChI=1S/C21H20FN3O2/c1-3-25-11-10-14-6-9-17(12-18(14)25)23-21(26)19-13(2)27-24-20(19)15-4-7-16(22)8-5-15/h4-9,12H,3,10-11H2,1-2H3,(H,23,26). The molecule has 2 heterocycles. The van der Waals surface area contributed by atoms with E-state index in [1.165, 1.54) is 17.7 Å². The SMILES string of the molecule is CCN1CCc2ccc(NC(=O)c3c(-c4ccc(F)cc4)noc3C)cc21. The average Bonchev–Trinajstić information content (AvgIpc) is 3.25. The fourth-order valence-electron chi connectivity index (χ4n) is 3.49. The van der Waals surface area contributed by atoms with Crippen molar-refractivity contribution in [1.82, 2.24) is 5.16 Å². The number of aromatic nitrogens is 1. The largest absolute Gasteiger partial charge is 0.371 e. The molecule has 2 aromatic carbocycles. The maximum atomic E-state index is 13.2. The van der Waals surface area contributed by atoms with Gasteiger partial charge in [-0.15, -0.1) is 0 Å². The molecule has 1 amide bonds. The summed E-state index contributed by atoms with van der Waals surface area (Å²) in [4.78, 5) is 15.2. The zero-order valence-electron chi connectivity index (χ0n) is 15.3. The number of hydrogen-bond donors (Lipinski definition) is 1. The molecule has 0 atom stereocenters. The molecule has 3 aromatic rings. The fraction of sp³-hybridized carbons (Fsp3) is 0.238. The van der Waals surface area contributed by atoms with Crippen molar-refractivity contribution in [2.45, 2.75) is 20.3 Å².